The average Bonchev–Trinajstić information content (AvgIpc) is 3.40. The zero-order valence-electron chi connectivity index (χ0n) is 16.0. The second-order valence-corrected chi connectivity index (χ2v) is 7.67. The highest BCUT2D eigenvalue weighted by molar-refractivity contribution is 7.98. The standard InChI is InChI=1S/C21H17ClN2O5S/c1-2-27-20(26)16-7-9-29-18(16)12-30-21-23-17-10-13(22)5-6-15(17)19(25)24(21)11-14-4-3-8-28-14/h3-10H,2,11-12H2,1H3. The smallest absolute Gasteiger partial charge is 0.341 e. The van der Waals surface area contributed by atoms with Crippen LogP contribution in [0.15, 0.2) is 67.7 Å². The molecule has 0 unspecified atom stereocenters. The molecule has 4 rings (SSSR count). The Morgan fingerprint density at radius 3 is 2.87 bits per heavy atom. The predicted octanol–water partition coefficient (Wildman–Crippen LogP) is 4.75. The Hall–Kier alpha value is -2.97. The Morgan fingerprint density at radius 2 is 2.10 bits per heavy atom. The van der Waals surface area contributed by atoms with E-state index in [1.807, 2.05) is 0 Å². The van der Waals surface area contributed by atoms with Crippen molar-refractivity contribution in [2.45, 2.75) is 24.4 Å². The maximum Gasteiger partial charge on any atom is 0.341 e. The maximum atomic E-state index is 13.1. The van der Waals surface area contributed by atoms with Crippen molar-refractivity contribution in [3.05, 3.63) is 81.4 Å². The van der Waals surface area contributed by atoms with Crippen molar-refractivity contribution >= 4 is 40.2 Å². The summed E-state index contributed by atoms with van der Waals surface area (Å²) in [4.78, 5) is 29.9. The van der Waals surface area contributed by atoms with Crippen LogP contribution in [0.4, 0.5) is 0 Å². The molecule has 4 aromatic rings. The number of esters is 1. The SMILES string of the molecule is CCOC(=O)c1ccoc1CSc1nc2cc(Cl)ccc2c(=O)n1Cc1ccco1. The van der Waals surface area contributed by atoms with Gasteiger partial charge in [-0.15, -0.1) is 0 Å². The summed E-state index contributed by atoms with van der Waals surface area (Å²) in [6.45, 7) is 2.23. The summed E-state index contributed by atoms with van der Waals surface area (Å²) in [5, 5.41) is 1.41. The van der Waals surface area contributed by atoms with Crippen LogP contribution in [-0.2, 0) is 17.0 Å². The minimum atomic E-state index is -0.451. The molecule has 0 saturated carbocycles. The van der Waals surface area contributed by atoms with Gasteiger partial charge in [-0.25, -0.2) is 9.78 Å². The molecular formula is C21H17ClN2O5S. The van der Waals surface area contributed by atoms with Gasteiger partial charge in [0.2, 0.25) is 0 Å². The third-order valence-electron chi connectivity index (χ3n) is 4.35. The number of hydrogen-bond donors (Lipinski definition) is 0. The summed E-state index contributed by atoms with van der Waals surface area (Å²) in [6, 6.07) is 10.1. The van der Waals surface area contributed by atoms with Crippen LogP contribution in [0.25, 0.3) is 10.9 Å². The van der Waals surface area contributed by atoms with Crippen molar-refractivity contribution in [2.24, 2.45) is 0 Å². The first-order valence-electron chi connectivity index (χ1n) is 9.15. The fraction of sp³-hybridized carbons (Fsp3) is 0.190. The van der Waals surface area contributed by atoms with Gasteiger partial charge in [0.05, 0.1) is 42.3 Å². The summed E-state index contributed by atoms with van der Waals surface area (Å²) in [7, 11) is 0. The van der Waals surface area contributed by atoms with Crippen molar-refractivity contribution in [1.29, 1.82) is 0 Å². The highest BCUT2D eigenvalue weighted by Crippen LogP contribution is 2.26. The molecule has 30 heavy (non-hydrogen) atoms. The number of thioether (sulfide) groups is 1. The highest BCUT2D eigenvalue weighted by Gasteiger charge is 2.19. The van der Waals surface area contributed by atoms with Gasteiger partial charge < -0.3 is 13.6 Å². The Kier molecular flexibility index (Phi) is 5.96. The number of rotatable bonds is 7. The van der Waals surface area contributed by atoms with E-state index in [1.54, 1.807) is 49.6 Å². The lowest BCUT2D eigenvalue weighted by atomic mass is 10.2. The molecule has 0 spiro atoms. The number of aromatic nitrogens is 2. The van der Waals surface area contributed by atoms with E-state index in [0.29, 0.717) is 38.2 Å². The molecule has 9 heteroatoms. The number of carbonyl (C=O) groups excluding carboxylic acids is 1. The van der Waals surface area contributed by atoms with Gasteiger partial charge in [0, 0.05) is 5.02 Å². The highest BCUT2D eigenvalue weighted by atomic mass is 35.5. The molecule has 3 heterocycles. The lowest BCUT2D eigenvalue weighted by Gasteiger charge is -2.12. The van der Waals surface area contributed by atoms with Gasteiger partial charge in [0.15, 0.2) is 5.16 Å². The van der Waals surface area contributed by atoms with Crippen molar-refractivity contribution in [1.82, 2.24) is 9.55 Å². The molecule has 3 aromatic heterocycles. The van der Waals surface area contributed by atoms with Gasteiger partial charge in [-0.1, -0.05) is 23.4 Å². The van der Waals surface area contributed by atoms with Crippen molar-refractivity contribution < 1.29 is 18.4 Å². The average molecular weight is 445 g/mol. The molecule has 154 valence electrons. The molecule has 0 bridgehead atoms. The van der Waals surface area contributed by atoms with Gasteiger partial charge in [-0.3, -0.25) is 9.36 Å². The van der Waals surface area contributed by atoms with E-state index in [0.717, 1.165) is 0 Å². The number of halogens is 1. The summed E-state index contributed by atoms with van der Waals surface area (Å²) >= 11 is 7.36. The third kappa shape index (κ3) is 4.15. The van der Waals surface area contributed by atoms with Gasteiger partial charge in [0.1, 0.15) is 17.1 Å². The second-order valence-electron chi connectivity index (χ2n) is 6.29. The van der Waals surface area contributed by atoms with Crippen LogP contribution in [0.1, 0.15) is 28.8 Å². The number of carbonyl (C=O) groups is 1. The molecule has 0 saturated heterocycles. The predicted molar refractivity (Wildman–Crippen MR) is 113 cm³/mol. The molecule has 0 atom stereocenters. The topological polar surface area (TPSA) is 87.5 Å². The first-order valence-corrected chi connectivity index (χ1v) is 10.5. The molecule has 0 aliphatic heterocycles. The van der Waals surface area contributed by atoms with E-state index >= 15 is 0 Å². The molecule has 1 aromatic carbocycles. The number of ether oxygens (including phenoxy) is 1. The molecule has 0 aliphatic carbocycles. The minimum absolute atomic E-state index is 0.208. The zero-order valence-corrected chi connectivity index (χ0v) is 17.5. The van der Waals surface area contributed by atoms with Crippen LogP contribution >= 0.6 is 23.4 Å². The molecule has 0 aliphatic rings. The number of furan rings is 2. The molecule has 7 nitrogen and oxygen atoms in total. The third-order valence-corrected chi connectivity index (χ3v) is 5.56. The van der Waals surface area contributed by atoms with E-state index in [2.05, 4.69) is 4.98 Å². The van der Waals surface area contributed by atoms with Gasteiger partial charge in [-0.05, 0) is 43.3 Å². The molecule has 0 N–H and O–H groups in total. The Balaban J connectivity index is 1.71. The van der Waals surface area contributed by atoms with E-state index in [1.165, 1.54) is 22.6 Å². The first-order chi connectivity index (χ1) is 14.6. The van der Waals surface area contributed by atoms with Crippen LogP contribution in [0.2, 0.25) is 5.02 Å². The Bertz CT molecular complexity index is 1250. The summed E-state index contributed by atoms with van der Waals surface area (Å²) in [6.07, 6.45) is 2.99. The number of hydrogen-bond acceptors (Lipinski definition) is 7. The monoisotopic (exact) mass is 444 g/mol. The Labute approximate surface area is 180 Å². The summed E-state index contributed by atoms with van der Waals surface area (Å²) in [5.74, 6) is 0.911. The van der Waals surface area contributed by atoms with E-state index < -0.39 is 5.97 Å². The van der Waals surface area contributed by atoms with E-state index in [4.69, 9.17) is 25.2 Å². The molecule has 0 amide bonds. The lowest BCUT2D eigenvalue weighted by Crippen LogP contribution is -2.23. The Morgan fingerprint density at radius 1 is 1.23 bits per heavy atom. The van der Waals surface area contributed by atoms with Crippen LogP contribution in [-0.4, -0.2) is 22.1 Å². The lowest BCUT2D eigenvalue weighted by molar-refractivity contribution is 0.0524. The quantitative estimate of drug-likeness (QED) is 0.231. The molecular weight excluding hydrogens is 428 g/mol. The first kappa shape index (κ1) is 20.3. The summed E-state index contributed by atoms with van der Waals surface area (Å²) < 4.78 is 17.5. The fourth-order valence-corrected chi connectivity index (χ4v) is 4.07. The second kappa shape index (κ2) is 8.81. The zero-order chi connectivity index (χ0) is 21.1. The van der Waals surface area contributed by atoms with Crippen LogP contribution in [0, 0.1) is 0 Å². The molecule has 0 radical (unpaired) electrons. The van der Waals surface area contributed by atoms with Gasteiger partial charge in [-0.2, -0.15) is 0 Å². The summed E-state index contributed by atoms with van der Waals surface area (Å²) in [5.41, 5.74) is 0.643. The van der Waals surface area contributed by atoms with Gasteiger partial charge in [0.25, 0.3) is 5.56 Å². The van der Waals surface area contributed by atoms with Crippen LogP contribution < -0.4 is 5.56 Å². The van der Waals surface area contributed by atoms with Crippen molar-refractivity contribution in [3.63, 3.8) is 0 Å². The van der Waals surface area contributed by atoms with Gasteiger partial charge >= 0.3 is 5.97 Å². The van der Waals surface area contributed by atoms with Crippen molar-refractivity contribution in [2.75, 3.05) is 6.61 Å². The number of nitrogens with zero attached hydrogens (tertiary/aromatic N) is 2. The normalized spacial score (nSPS) is 11.1. The van der Waals surface area contributed by atoms with E-state index in [-0.39, 0.29) is 24.5 Å². The maximum absolute atomic E-state index is 13.1. The fourth-order valence-electron chi connectivity index (χ4n) is 2.96. The largest absolute Gasteiger partial charge is 0.468 e. The number of benzene rings is 1. The van der Waals surface area contributed by atoms with Crippen LogP contribution in [0.5, 0.6) is 0 Å². The van der Waals surface area contributed by atoms with Crippen molar-refractivity contribution in [3.8, 4) is 0 Å². The number of fused-ring (bicyclic) bond motifs is 1. The van der Waals surface area contributed by atoms with Crippen LogP contribution in [0.3, 0.4) is 0 Å². The minimum Gasteiger partial charge on any atom is -0.468 e. The molecule has 0 fully saturated rings. The van der Waals surface area contributed by atoms with E-state index in [9.17, 15) is 9.59 Å².